The Bertz CT molecular complexity index is 1360. The third kappa shape index (κ3) is 2.87. The molecule has 0 radical (unpaired) electrons. The summed E-state index contributed by atoms with van der Waals surface area (Å²) in [5, 5.41) is 2.12. The van der Waals surface area contributed by atoms with Crippen molar-refractivity contribution in [3.8, 4) is 17.0 Å². The van der Waals surface area contributed by atoms with Crippen LogP contribution < -0.4 is 10.5 Å². The van der Waals surface area contributed by atoms with Crippen molar-refractivity contribution in [2.24, 2.45) is 28.9 Å². The number of carbonyl (C=O) groups excluding carboxylic acids is 1. The standard InChI is InChI=1S/C28H30N4O2/c1-34-20-4-5-24-21(11-20)22(23-10-19-3-2-6-30-27(19)31-23)15-32(24)25(26(29)33)28-12-16-7-17(13-28)9-18(8-16)14-28/h2-6,10-11,15-18,25H,7-9,12-14H2,1H3,(H2,29,33)(H,30,31). The molecule has 4 aliphatic carbocycles. The second-order valence-electron chi connectivity index (χ2n) is 11.0. The summed E-state index contributed by atoms with van der Waals surface area (Å²) in [6.07, 6.45) is 11.3. The molecule has 4 aliphatic rings. The second kappa shape index (κ2) is 7.11. The maximum Gasteiger partial charge on any atom is 0.241 e. The molecule has 8 rings (SSSR count). The van der Waals surface area contributed by atoms with Crippen LogP contribution in [0.4, 0.5) is 0 Å². The Morgan fingerprint density at radius 2 is 1.88 bits per heavy atom. The van der Waals surface area contributed by atoms with Crippen LogP contribution in [-0.4, -0.2) is 27.6 Å². The molecular formula is C28H30N4O2. The molecule has 1 unspecified atom stereocenters. The fraction of sp³-hybridized carbons (Fsp3) is 0.429. The summed E-state index contributed by atoms with van der Waals surface area (Å²) in [7, 11) is 1.69. The lowest BCUT2D eigenvalue weighted by Crippen LogP contribution is -2.53. The number of H-pyrrole nitrogens is 1. The van der Waals surface area contributed by atoms with E-state index in [1.807, 2.05) is 12.1 Å². The second-order valence-corrected chi connectivity index (χ2v) is 11.0. The first kappa shape index (κ1) is 20.1. The number of aromatic amines is 1. The number of nitrogens with zero attached hydrogens (tertiary/aromatic N) is 2. The molecule has 0 saturated heterocycles. The fourth-order valence-electron chi connectivity index (χ4n) is 8.14. The first-order valence-corrected chi connectivity index (χ1v) is 12.4. The first-order valence-electron chi connectivity index (χ1n) is 12.4. The predicted molar refractivity (Wildman–Crippen MR) is 132 cm³/mol. The van der Waals surface area contributed by atoms with E-state index in [1.165, 1.54) is 19.3 Å². The van der Waals surface area contributed by atoms with Gasteiger partial charge in [0, 0.05) is 45.4 Å². The highest BCUT2D eigenvalue weighted by Crippen LogP contribution is 2.64. The first-order chi connectivity index (χ1) is 16.5. The molecule has 3 heterocycles. The molecule has 0 spiro atoms. The topological polar surface area (TPSA) is 85.9 Å². The van der Waals surface area contributed by atoms with Crippen LogP contribution in [-0.2, 0) is 4.79 Å². The average molecular weight is 455 g/mol. The van der Waals surface area contributed by atoms with Crippen molar-refractivity contribution >= 4 is 27.8 Å². The van der Waals surface area contributed by atoms with E-state index in [0.29, 0.717) is 0 Å². The number of carbonyl (C=O) groups is 1. The highest BCUT2D eigenvalue weighted by Gasteiger charge is 2.56. The van der Waals surface area contributed by atoms with Gasteiger partial charge in [0.1, 0.15) is 17.4 Å². The minimum absolute atomic E-state index is 0.0360. The lowest BCUT2D eigenvalue weighted by atomic mass is 9.47. The van der Waals surface area contributed by atoms with Crippen molar-refractivity contribution in [2.45, 2.75) is 44.6 Å². The predicted octanol–water partition coefficient (Wildman–Crippen LogP) is 5.44. The van der Waals surface area contributed by atoms with Gasteiger partial charge in [0.2, 0.25) is 5.91 Å². The van der Waals surface area contributed by atoms with Crippen LogP contribution >= 0.6 is 0 Å². The molecule has 0 aliphatic heterocycles. The van der Waals surface area contributed by atoms with E-state index in [1.54, 1.807) is 13.3 Å². The van der Waals surface area contributed by atoms with Gasteiger partial charge >= 0.3 is 0 Å². The molecule has 4 bridgehead atoms. The van der Waals surface area contributed by atoms with Crippen LogP contribution in [0.2, 0.25) is 0 Å². The number of pyridine rings is 1. The van der Waals surface area contributed by atoms with Crippen LogP contribution in [0.1, 0.15) is 44.6 Å². The molecule has 4 saturated carbocycles. The average Bonchev–Trinajstić information content (AvgIpc) is 3.39. The van der Waals surface area contributed by atoms with Crippen molar-refractivity contribution < 1.29 is 9.53 Å². The monoisotopic (exact) mass is 454 g/mol. The summed E-state index contributed by atoms with van der Waals surface area (Å²) in [6, 6.07) is 11.9. The van der Waals surface area contributed by atoms with Crippen LogP contribution in [0.15, 0.2) is 48.8 Å². The third-order valence-corrected chi connectivity index (χ3v) is 8.94. The molecule has 34 heavy (non-hydrogen) atoms. The molecule has 6 heteroatoms. The number of benzene rings is 1. The molecule has 1 amide bonds. The zero-order chi connectivity index (χ0) is 23.0. The Labute approximate surface area is 198 Å². The highest BCUT2D eigenvalue weighted by molar-refractivity contribution is 5.99. The van der Waals surface area contributed by atoms with Crippen LogP contribution in [0.25, 0.3) is 33.2 Å². The SMILES string of the molecule is COc1ccc2c(c1)c(-c1cc3cccnc3[nH]1)cn2C(C(N)=O)C12CC3CC(CC(C3)C1)C2. The van der Waals surface area contributed by atoms with Gasteiger partial charge < -0.3 is 20.0 Å². The number of rotatable bonds is 5. The maximum absolute atomic E-state index is 13.2. The Kier molecular flexibility index (Phi) is 4.21. The van der Waals surface area contributed by atoms with Crippen LogP contribution in [0, 0.1) is 23.2 Å². The summed E-state index contributed by atoms with van der Waals surface area (Å²) in [5.41, 5.74) is 10.1. The van der Waals surface area contributed by atoms with Crippen molar-refractivity contribution in [3.63, 3.8) is 0 Å². The molecule has 4 fully saturated rings. The van der Waals surface area contributed by atoms with Gasteiger partial charge in [-0.1, -0.05) is 0 Å². The van der Waals surface area contributed by atoms with Crippen LogP contribution in [0.5, 0.6) is 5.75 Å². The number of aromatic nitrogens is 3. The summed E-state index contributed by atoms with van der Waals surface area (Å²) in [6.45, 7) is 0. The van der Waals surface area contributed by atoms with Gasteiger partial charge in [-0.05, 0) is 92.7 Å². The van der Waals surface area contributed by atoms with Crippen molar-refractivity contribution in [1.29, 1.82) is 0 Å². The van der Waals surface area contributed by atoms with E-state index in [4.69, 9.17) is 10.5 Å². The maximum atomic E-state index is 13.2. The van der Waals surface area contributed by atoms with E-state index in [0.717, 1.165) is 76.0 Å². The molecule has 3 aromatic heterocycles. The lowest BCUT2D eigenvalue weighted by Gasteiger charge is -2.59. The smallest absolute Gasteiger partial charge is 0.241 e. The van der Waals surface area contributed by atoms with Crippen molar-refractivity contribution in [2.75, 3.05) is 7.11 Å². The lowest BCUT2D eigenvalue weighted by molar-refractivity contribution is -0.135. The van der Waals surface area contributed by atoms with Gasteiger partial charge in [0.25, 0.3) is 0 Å². The molecule has 174 valence electrons. The van der Waals surface area contributed by atoms with Gasteiger partial charge in [0.15, 0.2) is 0 Å². The summed E-state index contributed by atoms with van der Waals surface area (Å²) >= 11 is 0. The number of hydrogen-bond acceptors (Lipinski definition) is 3. The minimum atomic E-state index is -0.340. The fourth-order valence-corrected chi connectivity index (χ4v) is 8.14. The van der Waals surface area contributed by atoms with Gasteiger partial charge in [-0.3, -0.25) is 4.79 Å². The van der Waals surface area contributed by atoms with Gasteiger partial charge in [-0.2, -0.15) is 0 Å². The van der Waals surface area contributed by atoms with Crippen molar-refractivity contribution in [1.82, 2.24) is 14.5 Å². The number of methoxy groups -OCH3 is 1. The molecular weight excluding hydrogens is 424 g/mol. The summed E-state index contributed by atoms with van der Waals surface area (Å²) in [5.74, 6) is 2.82. The Hall–Kier alpha value is -3.28. The number of ether oxygens (including phenoxy) is 1. The van der Waals surface area contributed by atoms with E-state index in [2.05, 4.69) is 45.0 Å². The molecule has 4 aromatic rings. The number of hydrogen-bond donors (Lipinski definition) is 2. The van der Waals surface area contributed by atoms with Gasteiger partial charge in [-0.25, -0.2) is 4.98 Å². The zero-order valence-corrected chi connectivity index (χ0v) is 19.5. The highest BCUT2D eigenvalue weighted by atomic mass is 16.5. The number of nitrogens with two attached hydrogens (primary N) is 1. The van der Waals surface area contributed by atoms with Crippen LogP contribution in [0.3, 0.4) is 0 Å². The third-order valence-electron chi connectivity index (χ3n) is 8.94. The number of nitrogens with one attached hydrogen (secondary N) is 1. The Morgan fingerprint density at radius 1 is 1.15 bits per heavy atom. The summed E-state index contributed by atoms with van der Waals surface area (Å²) < 4.78 is 7.76. The molecule has 1 aromatic carbocycles. The molecule has 6 nitrogen and oxygen atoms in total. The zero-order valence-electron chi connectivity index (χ0n) is 19.5. The van der Waals surface area contributed by atoms with E-state index < -0.39 is 0 Å². The van der Waals surface area contributed by atoms with Gasteiger partial charge in [0.05, 0.1) is 7.11 Å². The van der Waals surface area contributed by atoms with E-state index in [-0.39, 0.29) is 17.4 Å². The number of amides is 1. The van der Waals surface area contributed by atoms with Crippen molar-refractivity contribution in [3.05, 3.63) is 48.8 Å². The largest absolute Gasteiger partial charge is 0.497 e. The van der Waals surface area contributed by atoms with E-state index in [9.17, 15) is 4.79 Å². The minimum Gasteiger partial charge on any atom is -0.497 e. The van der Waals surface area contributed by atoms with Gasteiger partial charge in [-0.15, -0.1) is 0 Å². The number of primary amides is 1. The number of fused-ring (bicyclic) bond motifs is 2. The summed E-state index contributed by atoms with van der Waals surface area (Å²) in [4.78, 5) is 21.2. The van der Waals surface area contributed by atoms with E-state index >= 15 is 0 Å². The molecule has 3 N–H and O–H groups in total. The Morgan fingerprint density at radius 3 is 2.53 bits per heavy atom. The Balaban J connectivity index is 1.44. The molecule has 1 atom stereocenters. The normalized spacial score (nSPS) is 28.6. The quantitative estimate of drug-likeness (QED) is 0.421.